The Kier molecular flexibility index (Phi) is 5.35. The van der Waals surface area contributed by atoms with Gasteiger partial charge in [-0.1, -0.05) is 30.3 Å². The average molecular weight is 434 g/mol. The van der Waals surface area contributed by atoms with E-state index < -0.39 is 11.0 Å². The number of nitrogens with zero attached hydrogens (tertiary/aromatic N) is 3. The number of thiophene rings is 1. The lowest BCUT2D eigenvalue weighted by Crippen LogP contribution is -2.31. The van der Waals surface area contributed by atoms with E-state index in [1.54, 1.807) is 30.5 Å². The summed E-state index contributed by atoms with van der Waals surface area (Å²) in [5.74, 6) is -0.343. The molecule has 1 N–H and O–H groups in total. The number of non-ortho nitro benzene ring substituents is 1. The van der Waals surface area contributed by atoms with Crippen molar-refractivity contribution in [3.63, 3.8) is 0 Å². The van der Waals surface area contributed by atoms with E-state index in [0.717, 1.165) is 5.56 Å². The minimum Gasteiger partial charge on any atom is -0.324 e. The van der Waals surface area contributed by atoms with Crippen LogP contribution in [0.4, 0.5) is 11.4 Å². The summed E-state index contributed by atoms with van der Waals surface area (Å²) in [4.78, 5) is 41.6. The van der Waals surface area contributed by atoms with Crippen molar-refractivity contribution < 1.29 is 9.72 Å². The molecule has 1 atom stereocenters. The van der Waals surface area contributed by atoms with Gasteiger partial charge in [-0.2, -0.15) is 0 Å². The van der Waals surface area contributed by atoms with E-state index in [-0.39, 0.29) is 17.2 Å². The number of carbonyl (C=O) groups is 1. The average Bonchev–Trinajstić information content (AvgIpc) is 3.20. The zero-order valence-corrected chi connectivity index (χ0v) is 17.6. The summed E-state index contributed by atoms with van der Waals surface area (Å²) in [5, 5.41) is 16.1. The van der Waals surface area contributed by atoms with Gasteiger partial charge in [-0.15, -0.1) is 11.3 Å². The Bertz CT molecular complexity index is 1380. The summed E-state index contributed by atoms with van der Waals surface area (Å²) in [6, 6.07) is 12.7. The Balaban J connectivity index is 1.74. The van der Waals surface area contributed by atoms with E-state index in [1.165, 1.54) is 34.4 Å². The second-order valence-electron chi connectivity index (χ2n) is 7.07. The number of nitro benzene ring substituents is 1. The molecule has 0 fully saturated rings. The Labute approximate surface area is 181 Å². The van der Waals surface area contributed by atoms with E-state index >= 15 is 0 Å². The SMILES string of the molecule is Cc1ccccc1NC(=O)C(C)n1cnc2scc(-c3cccc([N+](=O)[O-])c3)c2c1=O. The molecule has 0 saturated carbocycles. The van der Waals surface area contributed by atoms with Gasteiger partial charge in [-0.05, 0) is 31.0 Å². The zero-order valence-electron chi connectivity index (χ0n) is 16.7. The summed E-state index contributed by atoms with van der Waals surface area (Å²) in [7, 11) is 0. The van der Waals surface area contributed by atoms with Crippen LogP contribution in [0.15, 0.2) is 65.0 Å². The highest BCUT2D eigenvalue weighted by molar-refractivity contribution is 7.17. The molecule has 2 heterocycles. The van der Waals surface area contributed by atoms with Crippen LogP contribution in [0.5, 0.6) is 0 Å². The second kappa shape index (κ2) is 8.11. The van der Waals surface area contributed by atoms with E-state index in [0.29, 0.717) is 27.0 Å². The van der Waals surface area contributed by atoms with Gasteiger partial charge in [0.25, 0.3) is 11.2 Å². The third-order valence-electron chi connectivity index (χ3n) is 5.09. The molecule has 156 valence electrons. The molecule has 2 aromatic carbocycles. The van der Waals surface area contributed by atoms with Gasteiger partial charge in [0, 0.05) is 28.8 Å². The van der Waals surface area contributed by atoms with Gasteiger partial charge in [-0.25, -0.2) is 4.98 Å². The second-order valence-corrected chi connectivity index (χ2v) is 7.93. The van der Waals surface area contributed by atoms with Gasteiger partial charge in [0.1, 0.15) is 10.9 Å². The number of aryl methyl sites for hydroxylation is 1. The highest BCUT2D eigenvalue weighted by Crippen LogP contribution is 2.32. The molecule has 0 saturated heterocycles. The summed E-state index contributed by atoms with van der Waals surface area (Å²) in [5.41, 5.74) is 2.26. The number of aromatic nitrogens is 2. The molecule has 9 heteroatoms. The highest BCUT2D eigenvalue weighted by atomic mass is 32.1. The van der Waals surface area contributed by atoms with Crippen LogP contribution in [0, 0.1) is 17.0 Å². The van der Waals surface area contributed by atoms with Gasteiger partial charge >= 0.3 is 0 Å². The number of amides is 1. The van der Waals surface area contributed by atoms with Crippen LogP contribution in [0.2, 0.25) is 0 Å². The molecular weight excluding hydrogens is 416 g/mol. The van der Waals surface area contributed by atoms with Crippen LogP contribution in [0.1, 0.15) is 18.5 Å². The molecule has 0 spiro atoms. The Morgan fingerprint density at radius 3 is 2.74 bits per heavy atom. The molecule has 4 aromatic rings. The molecule has 1 unspecified atom stereocenters. The number of benzene rings is 2. The van der Waals surface area contributed by atoms with E-state index in [9.17, 15) is 19.7 Å². The normalized spacial score (nSPS) is 11.9. The molecule has 0 aliphatic heterocycles. The fraction of sp³-hybridized carbons (Fsp3) is 0.136. The van der Waals surface area contributed by atoms with Gasteiger partial charge in [0.05, 0.1) is 16.6 Å². The van der Waals surface area contributed by atoms with Crippen molar-refractivity contribution >= 4 is 38.8 Å². The molecule has 0 aliphatic rings. The monoisotopic (exact) mass is 434 g/mol. The number of carbonyl (C=O) groups excluding carboxylic acids is 1. The quantitative estimate of drug-likeness (QED) is 0.366. The van der Waals surface area contributed by atoms with E-state index in [1.807, 2.05) is 25.1 Å². The van der Waals surface area contributed by atoms with Gasteiger partial charge < -0.3 is 5.32 Å². The van der Waals surface area contributed by atoms with Crippen LogP contribution in [0.3, 0.4) is 0 Å². The minimum absolute atomic E-state index is 0.0629. The van der Waals surface area contributed by atoms with Crippen molar-refractivity contribution in [3.8, 4) is 11.1 Å². The fourth-order valence-electron chi connectivity index (χ4n) is 3.30. The van der Waals surface area contributed by atoms with Crippen LogP contribution in [-0.4, -0.2) is 20.4 Å². The van der Waals surface area contributed by atoms with E-state index in [2.05, 4.69) is 10.3 Å². The first-order chi connectivity index (χ1) is 14.9. The van der Waals surface area contributed by atoms with Crippen LogP contribution in [0.25, 0.3) is 21.3 Å². The number of nitro groups is 1. The Morgan fingerprint density at radius 2 is 2.00 bits per heavy atom. The topological polar surface area (TPSA) is 107 Å². The largest absolute Gasteiger partial charge is 0.324 e. The van der Waals surface area contributed by atoms with Gasteiger partial charge in [0.15, 0.2) is 0 Å². The summed E-state index contributed by atoms with van der Waals surface area (Å²) >= 11 is 1.28. The van der Waals surface area contributed by atoms with Crippen molar-refractivity contribution in [2.24, 2.45) is 0 Å². The standard InChI is InChI=1S/C22H18N4O4S/c1-13-6-3-4-9-18(13)24-20(27)14(2)25-12-23-21-19(22(25)28)17(11-31-21)15-7-5-8-16(10-15)26(29)30/h3-12,14H,1-2H3,(H,24,27). The summed E-state index contributed by atoms with van der Waals surface area (Å²) < 4.78 is 1.28. The number of nitrogens with one attached hydrogen (secondary N) is 1. The zero-order chi connectivity index (χ0) is 22.1. The summed E-state index contributed by atoms with van der Waals surface area (Å²) in [6.07, 6.45) is 1.36. The number of rotatable bonds is 5. The third-order valence-corrected chi connectivity index (χ3v) is 5.97. The lowest BCUT2D eigenvalue weighted by molar-refractivity contribution is -0.384. The first-order valence-electron chi connectivity index (χ1n) is 9.46. The van der Waals surface area contributed by atoms with E-state index in [4.69, 9.17) is 0 Å². The molecular formula is C22H18N4O4S. The molecule has 2 aromatic heterocycles. The number of anilines is 1. The number of hydrogen-bond donors (Lipinski definition) is 1. The smallest absolute Gasteiger partial charge is 0.270 e. The molecule has 0 aliphatic carbocycles. The van der Waals surface area contributed by atoms with Crippen LogP contribution < -0.4 is 10.9 Å². The van der Waals surface area contributed by atoms with Crippen molar-refractivity contribution in [3.05, 3.63) is 86.3 Å². The van der Waals surface area contributed by atoms with Crippen molar-refractivity contribution in [1.82, 2.24) is 9.55 Å². The van der Waals surface area contributed by atoms with Crippen LogP contribution in [-0.2, 0) is 4.79 Å². The fourth-order valence-corrected chi connectivity index (χ4v) is 4.20. The molecule has 1 amide bonds. The molecule has 0 radical (unpaired) electrons. The molecule has 31 heavy (non-hydrogen) atoms. The third kappa shape index (κ3) is 3.82. The maximum atomic E-state index is 13.3. The summed E-state index contributed by atoms with van der Waals surface area (Å²) in [6.45, 7) is 3.51. The Hall–Kier alpha value is -3.85. The number of hydrogen-bond acceptors (Lipinski definition) is 6. The minimum atomic E-state index is -0.804. The Morgan fingerprint density at radius 1 is 1.23 bits per heavy atom. The first kappa shape index (κ1) is 20.4. The maximum Gasteiger partial charge on any atom is 0.270 e. The number of fused-ring (bicyclic) bond motifs is 1. The lowest BCUT2D eigenvalue weighted by atomic mass is 10.1. The van der Waals surface area contributed by atoms with Crippen molar-refractivity contribution in [2.45, 2.75) is 19.9 Å². The molecule has 4 rings (SSSR count). The first-order valence-corrected chi connectivity index (χ1v) is 10.3. The van der Waals surface area contributed by atoms with Gasteiger partial charge in [-0.3, -0.25) is 24.3 Å². The number of para-hydroxylation sites is 1. The van der Waals surface area contributed by atoms with Crippen LogP contribution >= 0.6 is 11.3 Å². The van der Waals surface area contributed by atoms with Gasteiger partial charge in [0.2, 0.25) is 5.91 Å². The predicted molar refractivity (Wildman–Crippen MR) is 120 cm³/mol. The van der Waals surface area contributed by atoms with Crippen molar-refractivity contribution in [1.29, 1.82) is 0 Å². The molecule has 8 nitrogen and oxygen atoms in total. The van der Waals surface area contributed by atoms with Crippen molar-refractivity contribution in [2.75, 3.05) is 5.32 Å². The predicted octanol–water partition coefficient (Wildman–Crippen LogP) is 4.54. The molecule has 0 bridgehead atoms. The lowest BCUT2D eigenvalue weighted by Gasteiger charge is -2.16. The highest BCUT2D eigenvalue weighted by Gasteiger charge is 2.21. The maximum absolute atomic E-state index is 13.3.